The lowest BCUT2D eigenvalue weighted by Crippen LogP contribution is -1.84. The molecule has 0 aliphatic carbocycles. The van der Waals surface area contributed by atoms with E-state index in [1.807, 2.05) is 24.4 Å². The first-order valence-electron chi connectivity index (χ1n) is 4.02. The van der Waals surface area contributed by atoms with Crippen molar-refractivity contribution in [3.8, 4) is 0 Å². The fourth-order valence-corrected chi connectivity index (χ4v) is 1.30. The predicted molar refractivity (Wildman–Crippen MR) is 49.2 cm³/mol. The average molecular weight is 172 g/mol. The van der Waals surface area contributed by atoms with E-state index in [1.54, 1.807) is 16.7 Å². The van der Waals surface area contributed by atoms with E-state index in [-0.39, 0.29) is 0 Å². The van der Waals surface area contributed by atoms with Crippen LogP contribution in [0.15, 0.2) is 36.7 Å². The first-order chi connectivity index (χ1) is 6.42. The van der Waals surface area contributed by atoms with E-state index in [1.165, 1.54) is 6.08 Å². The van der Waals surface area contributed by atoms with Gasteiger partial charge in [-0.15, -0.1) is 0 Å². The Morgan fingerprint density at radius 1 is 1.54 bits per heavy atom. The third-order valence-corrected chi connectivity index (χ3v) is 1.91. The number of pyridine rings is 1. The Kier molecular flexibility index (Phi) is 1.94. The number of hydrogen-bond donors (Lipinski definition) is 0. The second kappa shape index (κ2) is 3.25. The summed E-state index contributed by atoms with van der Waals surface area (Å²) in [6, 6.07) is 5.84. The molecule has 0 unspecified atom stereocenters. The van der Waals surface area contributed by atoms with Gasteiger partial charge in [0.1, 0.15) is 5.94 Å². The smallest absolute Gasteiger partial charge is 0.120 e. The summed E-state index contributed by atoms with van der Waals surface area (Å²) in [6.45, 7) is 0. The van der Waals surface area contributed by atoms with Crippen molar-refractivity contribution in [1.29, 1.82) is 0 Å². The van der Waals surface area contributed by atoms with Crippen LogP contribution in [0, 0.1) is 0 Å². The van der Waals surface area contributed by atoms with Crippen molar-refractivity contribution in [3.63, 3.8) is 0 Å². The molecule has 0 amide bonds. The van der Waals surface area contributed by atoms with E-state index < -0.39 is 0 Å². The van der Waals surface area contributed by atoms with Gasteiger partial charge in [-0.1, -0.05) is 6.07 Å². The zero-order valence-electron chi connectivity index (χ0n) is 6.97. The number of nitrogens with zero attached hydrogens (tertiary/aromatic N) is 2. The third kappa shape index (κ3) is 1.37. The first kappa shape index (κ1) is 7.77. The third-order valence-electron chi connectivity index (χ3n) is 1.91. The van der Waals surface area contributed by atoms with E-state index in [2.05, 4.69) is 5.10 Å². The van der Waals surface area contributed by atoms with E-state index >= 15 is 0 Å². The van der Waals surface area contributed by atoms with Gasteiger partial charge in [0, 0.05) is 24.3 Å². The summed E-state index contributed by atoms with van der Waals surface area (Å²) in [7, 11) is 0. The minimum atomic E-state index is 0.594. The Labute approximate surface area is 75.3 Å². The second-order valence-corrected chi connectivity index (χ2v) is 2.73. The summed E-state index contributed by atoms with van der Waals surface area (Å²) in [4.78, 5) is 10.0. The van der Waals surface area contributed by atoms with E-state index in [9.17, 15) is 4.79 Å². The van der Waals surface area contributed by atoms with Crippen molar-refractivity contribution in [1.82, 2.24) is 9.61 Å². The van der Waals surface area contributed by atoms with Crippen molar-refractivity contribution in [2.24, 2.45) is 0 Å². The number of rotatable bonds is 2. The highest BCUT2D eigenvalue weighted by molar-refractivity contribution is 5.56. The SMILES string of the molecule is O=C=CCc1cnn2ccccc12. The molecule has 0 aliphatic heterocycles. The van der Waals surface area contributed by atoms with Gasteiger partial charge in [-0.2, -0.15) is 5.10 Å². The normalized spacial score (nSPS) is 9.85. The van der Waals surface area contributed by atoms with Gasteiger partial charge in [-0.25, -0.2) is 9.31 Å². The van der Waals surface area contributed by atoms with Gasteiger partial charge in [0.15, 0.2) is 0 Å². The van der Waals surface area contributed by atoms with Crippen molar-refractivity contribution in [2.45, 2.75) is 6.42 Å². The maximum absolute atomic E-state index is 10.0. The van der Waals surface area contributed by atoms with Gasteiger partial charge in [-0.05, 0) is 12.1 Å². The molecule has 0 saturated heterocycles. The molecule has 0 aromatic carbocycles. The van der Waals surface area contributed by atoms with Crippen LogP contribution in [-0.2, 0) is 11.2 Å². The number of fused-ring (bicyclic) bond motifs is 1. The summed E-state index contributed by atoms with van der Waals surface area (Å²) in [5, 5.41) is 4.14. The van der Waals surface area contributed by atoms with Crippen LogP contribution < -0.4 is 0 Å². The largest absolute Gasteiger partial charge is 0.241 e. The molecule has 64 valence electrons. The Morgan fingerprint density at radius 3 is 3.31 bits per heavy atom. The minimum absolute atomic E-state index is 0.594. The Bertz CT molecular complexity index is 466. The van der Waals surface area contributed by atoms with E-state index in [4.69, 9.17) is 0 Å². The van der Waals surface area contributed by atoms with Crippen molar-refractivity contribution in [2.75, 3.05) is 0 Å². The molecule has 3 heteroatoms. The number of aromatic nitrogens is 2. The molecule has 0 radical (unpaired) electrons. The standard InChI is InChI=1S/C10H8N2O/c13-7-3-4-9-8-11-12-6-2-1-5-10(9)12/h1-3,5-6,8H,4H2. The summed E-state index contributed by atoms with van der Waals surface area (Å²) in [6.07, 6.45) is 5.70. The molecule has 2 aromatic rings. The zero-order valence-corrected chi connectivity index (χ0v) is 6.97. The molecule has 2 aromatic heterocycles. The zero-order chi connectivity index (χ0) is 9.10. The van der Waals surface area contributed by atoms with Gasteiger partial charge in [0.2, 0.25) is 0 Å². The molecule has 0 N–H and O–H groups in total. The lowest BCUT2D eigenvalue weighted by Gasteiger charge is -1.92. The van der Waals surface area contributed by atoms with E-state index in [0.29, 0.717) is 6.42 Å². The molecule has 2 rings (SSSR count). The van der Waals surface area contributed by atoms with Crippen LogP contribution in [0.5, 0.6) is 0 Å². The number of hydrogen-bond acceptors (Lipinski definition) is 2. The second-order valence-electron chi connectivity index (χ2n) is 2.73. The van der Waals surface area contributed by atoms with Gasteiger partial charge in [0.25, 0.3) is 0 Å². The molecule has 0 bridgehead atoms. The molecular weight excluding hydrogens is 164 g/mol. The van der Waals surface area contributed by atoms with Gasteiger partial charge in [-0.3, -0.25) is 0 Å². The van der Waals surface area contributed by atoms with Crippen LogP contribution in [0.2, 0.25) is 0 Å². The fraction of sp³-hybridized carbons (Fsp3) is 0.100. The molecule has 13 heavy (non-hydrogen) atoms. The van der Waals surface area contributed by atoms with Gasteiger partial charge >= 0.3 is 0 Å². The topological polar surface area (TPSA) is 34.4 Å². The summed E-state index contributed by atoms with van der Waals surface area (Å²) < 4.78 is 1.79. The highest BCUT2D eigenvalue weighted by Crippen LogP contribution is 2.09. The molecular formula is C10H8N2O. The van der Waals surface area contributed by atoms with E-state index in [0.717, 1.165) is 11.1 Å². The van der Waals surface area contributed by atoms with Crippen LogP contribution in [0.25, 0.3) is 5.52 Å². The monoisotopic (exact) mass is 172 g/mol. The fourth-order valence-electron chi connectivity index (χ4n) is 1.30. The van der Waals surface area contributed by atoms with Crippen LogP contribution in [0.4, 0.5) is 0 Å². The number of carbonyl (C=O) groups excluding carboxylic acids is 1. The Morgan fingerprint density at radius 2 is 2.46 bits per heavy atom. The summed E-state index contributed by atoms with van der Waals surface area (Å²) >= 11 is 0. The van der Waals surface area contributed by atoms with Crippen molar-refractivity contribution < 1.29 is 4.79 Å². The lowest BCUT2D eigenvalue weighted by atomic mass is 10.2. The molecule has 3 nitrogen and oxygen atoms in total. The maximum Gasteiger partial charge on any atom is 0.120 e. The summed E-state index contributed by atoms with van der Waals surface area (Å²) in [5.74, 6) is 1.76. The van der Waals surface area contributed by atoms with Crippen LogP contribution >= 0.6 is 0 Å². The molecule has 0 spiro atoms. The van der Waals surface area contributed by atoms with Crippen molar-refractivity contribution >= 4 is 11.5 Å². The van der Waals surface area contributed by atoms with Gasteiger partial charge < -0.3 is 0 Å². The van der Waals surface area contributed by atoms with Crippen molar-refractivity contribution in [3.05, 3.63) is 42.2 Å². The van der Waals surface area contributed by atoms with Crippen LogP contribution in [0.1, 0.15) is 5.56 Å². The first-order valence-corrected chi connectivity index (χ1v) is 4.02. The highest BCUT2D eigenvalue weighted by atomic mass is 16.1. The minimum Gasteiger partial charge on any atom is -0.241 e. The summed E-state index contributed by atoms with van der Waals surface area (Å²) in [5.41, 5.74) is 2.08. The Hall–Kier alpha value is -1.86. The quantitative estimate of drug-likeness (QED) is 0.639. The van der Waals surface area contributed by atoms with Gasteiger partial charge in [0.05, 0.1) is 11.7 Å². The maximum atomic E-state index is 10.0. The van der Waals surface area contributed by atoms with Crippen LogP contribution in [-0.4, -0.2) is 15.6 Å². The lowest BCUT2D eigenvalue weighted by molar-refractivity contribution is 0.568. The molecule has 0 fully saturated rings. The average Bonchev–Trinajstić information content (AvgIpc) is 2.58. The molecule has 0 aliphatic rings. The predicted octanol–water partition coefficient (Wildman–Crippen LogP) is 1.26. The Balaban J connectivity index is 2.51. The molecule has 0 atom stereocenters. The number of allylic oxidation sites excluding steroid dienone is 1. The highest BCUT2D eigenvalue weighted by Gasteiger charge is 1.99. The molecule has 2 heterocycles. The molecule has 0 saturated carbocycles. The van der Waals surface area contributed by atoms with Crippen LogP contribution in [0.3, 0.4) is 0 Å².